The lowest BCUT2D eigenvalue weighted by atomic mass is 10.3. The van der Waals surface area contributed by atoms with Gasteiger partial charge in [0.2, 0.25) is 0 Å². The molecule has 0 amide bonds. The molecule has 0 aliphatic rings. The Labute approximate surface area is 110 Å². The topological polar surface area (TPSA) is 24.9 Å². The zero-order valence-electron chi connectivity index (χ0n) is 7.74. The fourth-order valence-corrected chi connectivity index (χ4v) is 2.04. The van der Waals surface area contributed by atoms with Crippen LogP contribution in [0.25, 0.3) is 0 Å². The quantitative estimate of drug-likeness (QED) is 0.797. The molecule has 2 aromatic rings. The number of hydrogen-bond donors (Lipinski definition) is 1. The highest BCUT2D eigenvalue weighted by Gasteiger charge is 2.02. The maximum Gasteiger partial charge on any atom is 0.144 e. The van der Waals surface area contributed by atoms with E-state index in [1.165, 1.54) is 3.57 Å². The number of nitrogens with zero attached hydrogens (tertiary/aromatic N) is 1. The predicted molar refractivity (Wildman–Crippen MR) is 74.4 cm³/mol. The summed E-state index contributed by atoms with van der Waals surface area (Å²) in [6.45, 7) is 0. The number of hydrogen-bond acceptors (Lipinski definition) is 2. The van der Waals surface area contributed by atoms with Gasteiger partial charge >= 0.3 is 0 Å². The van der Waals surface area contributed by atoms with Crippen LogP contribution in [0, 0.1) is 3.57 Å². The van der Waals surface area contributed by atoms with E-state index in [0.29, 0.717) is 0 Å². The number of para-hydroxylation sites is 1. The Bertz CT molecular complexity index is 430. The smallest absolute Gasteiger partial charge is 0.144 e. The first-order chi connectivity index (χ1) is 7.27. The lowest BCUT2D eigenvalue weighted by Crippen LogP contribution is -1.95. The number of aromatic nitrogens is 1. The molecule has 0 atom stereocenters. The van der Waals surface area contributed by atoms with E-state index in [2.05, 4.69) is 54.9 Å². The van der Waals surface area contributed by atoms with Gasteiger partial charge in [-0.15, -0.1) is 0 Å². The zero-order valence-corrected chi connectivity index (χ0v) is 11.5. The van der Waals surface area contributed by atoms with Crippen LogP contribution in [-0.4, -0.2) is 4.98 Å². The fourth-order valence-electron chi connectivity index (χ4n) is 1.17. The molecule has 2 nitrogen and oxygen atoms in total. The molecule has 15 heavy (non-hydrogen) atoms. The second-order valence-corrected chi connectivity index (χ2v) is 4.96. The number of benzene rings is 1. The van der Waals surface area contributed by atoms with Crippen molar-refractivity contribution >= 4 is 50.0 Å². The number of pyridine rings is 1. The van der Waals surface area contributed by atoms with Crippen LogP contribution in [0.3, 0.4) is 0 Å². The van der Waals surface area contributed by atoms with Gasteiger partial charge in [0.05, 0.1) is 10.2 Å². The van der Waals surface area contributed by atoms with Crippen molar-refractivity contribution in [3.63, 3.8) is 0 Å². The Morgan fingerprint density at radius 1 is 1.13 bits per heavy atom. The van der Waals surface area contributed by atoms with Crippen molar-refractivity contribution in [1.82, 2.24) is 4.98 Å². The van der Waals surface area contributed by atoms with Crippen LogP contribution >= 0.6 is 38.5 Å². The summed E-state index contributed by atoms with van der Waals surface area (Å²) in [6, 6.07) is 12.0. The first kappa shape index (κ1) is 10.9. The van der Waals surface area contributed by atoms with Gasteiger partial charge < -0.3 is 5.32 Å². The van der Waals surface area contributed by atoms with Gasteiger partial charge in [-0.25, -0.2) is 4.98 Å². The number of rotatable bonds is 2. The summed E-state index contributed by atoms with van der Waals surface area (Å²) in [6.07, 6.45) is 1.77. The van der Waals surface area contributed by atoms with E-state index in [0.717, 1.165) is 16.0 Å². The molecule has 0 aliphatic heterocycles. The molecule has 1 heterocycles. The van der Waals surface area contributed by atoms with Gasteiger partial charge in [-0.05, 0) is 62.8 Å². The van der Waals surface area contributed by atoms with Crippen molar-refractivity contribution in [2.75, 3.05) is 5.32 Å². The summed E-state index contributed by atoms with van der Waals surface area (Å²) in [5.74, 6) is 0.835. The number of nitrogens with one attached hydrogen (secondary N) is 1. The molecule has 0 spiro atoms. The minimum atomic E-state index is 0.835. The Morgan fingerprint density at radius 2 is 1.93 bits per heavy atom. The Balaban J connectivity index is 2.30. The Hall–Kier alpha value is -0.620. The average Bonchev–Trinajstić information content (AvgIpc) is 2.24. The molecule has 2 rings (SSSR count). The van der Waals surface area contributed by atoms with Gasteiger partial charge in [-0.1, -0.05) is 12.1 Å². The molecule has 0 saturated heterocycles. The number of halogens is 2. The summed E-state index contributed by atoms with van der Waals surface area (Å²) in [5.41, 5.74) is 1.07. The second-order valence-electron chi connectivity index (χ2n) is 2.94. The summed E-state index contributed by atoms with van der Waals surface area (Å²) < 4.78 is 2.14. The highest BCUT2D eigenvalue weighted by atomic mass is 127. The minimum Gasteiger partial charge on any atom is -0.338 e. The van der Waals surface area contributed by atoms with Gasteiger partial charge in [-0.2, -0.15) is 0 Å². The molecule has 1 aromatic carbocycles. The van der Waals surface area contributed by atoms with Crippen LogP contribution in [0.5, 0.6) is 0 Å². The van der Waals surface area contributed by atoms with E-state index in [-0.39, 0.29) is 0 Å². The van der Waals surface area contributed by atoms with Crippen molar-refractivity contribution in [2.45, 2.75) is 0 Å². The molecule has 0 unspecified atom stereocenters. The third kappa shape index (κ3) is 2.69. The van der Waals surface area contributed by atoms with Crippen LogP contribution in [0.4, 0.5) is 11.5 Å². The maximum atomic E-state index is 4.25. The van der Waals surface area contributed by atoms with E-state index in [9.17, 15) is 0 Å². The molecule has 76 valence electrons. The monoisotopic (exact) mass is 374 g/mol. The van der Waals surface area contributed by atoms with E-state index in [1.807, 2.05) is 30.3 Å². The second kappa shape index (κ2) is 4.94. The normalized spacial score (nSPS) is 10.0. The van der Waals surface area contributed by atoms with Crippen LogP contribution in [0.1, 0.15) is 0 Å². The van der Waals surface area contributed by atoms with Crippen LogP contribution in [0.2, 0.25) is 0 Å². The van der Waals surface area contributed by atoms with Gasteiger partial charge in [0, 0.05) is 9.77 Å². The van der Waals surface area contributed by atoms with E-state index in [4.69, 9.17) is 0 Å². The summed E-state index contributed by atoms with van der Waals surface area (Å²) >= 11 is 5.74. The van der Waals surface area contributed by atoms with E-state index in [1.54, 1.807) is 6.20 Å². The Kier molecular flexibility index (Phi) is 3.58. The molecule has 0 saturated carbocycles. The zero-order chi connectivity index (χ0) is 10.7. The van der Waals surface area contributed by atoms with Crippen LogP contribution < -0.4 is 5.32 Å². The molecule has 0 radical (unpaired) electrons. The molecule has 1 aromatic heterocycles. The van der Waals surface area contributed by atoms with E-state index >= 15 is 0 Å². The van der Waals surface area contributed by atoms with Crippen molar-refractivity contribution < 1.29 is 0 Å². The third-order valence-electron chi connectivity index (χ3n) is 1.89. The highest BCUT2D eigenvalue weighted by Crippen LogP contribution is 2.25. The predicted octanol–water partition coefficient (Wildman–Crippen LogP) is 4.19. The van der Waals surface area contributed by atoms with Gasteiger partial charge in [0.15, 0.2) is 0 Å². The third-order valence-corrected chi connectivity index (χ3v) is 3.47. The number of anilines is 2. The van der Waals surface area contributed by atoms with E-state index < -0.39 is 0 Å². The van der Waals surface area contributed by atoms with Gasteiger partial charge in [0.1, 0.15) is 5.82 Å². The largest absolute Gasteiger partial charge is 0.338 e. The molecule has 1 N–H and O–H groups in total. The first-order valence-corrected chi connectivity index (χ1v) is 6.26. The lowest BCUT2D eigenvalue weighted by molar-refractivity contribution is 1.29. The van der Waals surface area contributed by atoms with Crippen molar-refractivity contribution in [2.24, 2.45) is 0 Å². The van der Waals surface area contributed by atoms with Crippen molar-refractivity contribution in [3.8, 4) is 0 Å². The summed E-state index contributed by atoms with van der Waals surface area (Å²) in [7, 11) is 0. The first-order valence-electron chi connectivity index (χ1n) is 4.39. The minimum absolute atomic E-state index is 0.835. The molecule has 0 bridgehead atoms. The molecular weight excluding hydrogens is 367 g/mol. The fraction of sp³-hybridized carbons (Fsp3) is 0. The molecule has 4 heteroatoms. The average molecular weight is 375 g/mol. The lowest BCUT2D eigenvalue weighted by Gasteiger charge is -2.08. The highest BCUT2D eigenvalue weighted by molar-refractivity contribution is 14.1. The van der Waals surface area contributed by atoms with Crippen molar-refractivity contribution in [1.29, 1.82) is 0 Å². The molecule has 0 aliphatic carbocycles. The van der Waals surface area contributed by atoms with Crippen LogP contribution in [-0.2, 0) is 0 Å². The van der Waals surface area contributed by atoms with Gasteiger partial charge in [-0.3, -0.25) is 0 Å². The molecule has 0 fully saturated rings. The maximum absolute atomic E-state index is 4.25. The molecular formula is C11H8BrIN2. The SMILES string of the molecule is Brc1cccnc1Nc1ccccc1I. The van der Waals surface area contributed by atoms with Gasteiger partial charge in [0.25, 0.3) is 0 Å². The summed E-state index contributed by atoms with van der Waals surface area (Å²) in [5, 5.41) is 3.27. The van der Waals surface area contributed by atoms with Crippen molar-refractivity contribution in [3.05, 3.63) is 50.6 Å². The van der Waals surface area contributed by atoms with Crippen LogP contribution in [0.15, 0.2) is 47.1 Å². The Morgan fingerprint density at radius 3 is 2.67 bits per heavy atom. The summed E-state index contributed by atoms with van der Waals surface area (Å²) in [4.78, 5) is 4.25. The standard InChI is InChI=1S/C11H8BrIN2/c12-8-4-3-7-14-11(8)15-10-6-2-1-5-9(10)13/h1-7H,(H,14,15).